The molecular weight excluding hydrogens is 186 g/mol. The lowest BCUT2D eigenvalue weighted by Crippen LogP contribution is -2.29. The van der Waals surface area contributed by atoms with Gasteiger partial charge in [-0.1, -0.05) is 51.2 Å². The van der Waals surface area contributed by atoms with E-state index in [1.165, 1.54) is 38.5 Å². The molecule has 2 atom stereocenters. The predicted octanol–water partition coefficient (Wildman–Crippen LogP) is 3.00. The van der Waals surface area contributed by atoms with E-state index in [1.54, 1.807) is 0 Å². The molecule has 0 unspecified atom stereocenters. The van der Waals surface area contributed by atoms with Gasteiger partial charge in [-0.25, -0.2) is 0 Å². The van der Waals surface area contributed by atoms with Gasteiger partial charge >= 0.3 is 0 Å². The highest BCUT2D eigenvalue weighted by Crippen LogP contribution is 2.07. The van der Waals surface area contributed by atoms with Crippen LogP contribution in [0.5, 0.6) is 0 Å². The molecule has 0 bridgehead atoms. The molecule has 0 aliphatic rings. The first-order chi connectivity index (χ1) is 7.18. The van der Waals surface area contributed by atoms with Crippen LogP contribution in [0.2, 0.25) is 0 Å². The number of unbranched alkanes of at least 4 members (excludes halogenated alkanes) is 6. The number of nitrogens with two attached hydrogens (primary N) is 1. The van der Waals surface area contributed by atoms with Crippen LogP contribution in [0.25, 0.3) is 0 Å². The second-order valence-corrected chi connectivity index (χ2v) is 4.33. The minimum atomic E-state index is -0.481. The lowest BCUT2D eigenvalue weighted by Gasteiger charge is -2.08. The first kappa shape index (κ1) is 14.7. The molecule has 0 aromatic carbocycles. The summed E-state index contributed by atoms with van der Waals surface area (Å²) in [5.41, 5.74) is 5.53. The van der Waals surface area contributed by atoms with Gasteiger partial charge in [0.05, 0.1) is 6.10 Å². The van der Waals surface area contributed by atoms with Crippen molar-refractivity contribution in [2.24, 2.45) is 5.73 Å². The molecule has 0 heterocycles. The van der Waals surface area contributed by atoms with E-state index in [1.807, 2.05) is 19.1 Å². The van der Waals surface area contributed by atoms with Crippen molar-refractivity contribution in [2.45, 2.75) is 70.9 Å². The maximum absolute atomic E-state index is 9.39. The van der Waals surface area contributed by atoms with Crippen LogP contribution in [0.3, 0.4) is 0 Å². The molecule has 0 rings (SSSR count). The SMILES string of the molecule is CCCCCCCC/C=C/[C@H](O)[C@H](C)N. The van der Waals surface area contributed by atoms with Crippen molar-refractivity contribution in [3.8, 4) is 0 Å². The maximum atomic E-state index is 9.39. The average molecular weight is 213 g/mol. The third kappa shape index (κ3) is 9.95. The van der Waals surface area contributed by atoms with Crippen molar-refractivity contribution in [2.75, 3.05) is 0 Å². The molecule has 2 nitrogen and oxygen atoms in total. The molecule has 0 spiro atoms. The van der Waals surface area contributed by atoms with E-state index in [2.05, 4.69) is 6.92 Å². The van der Waals surface area contributed by atoms with Gasteiger partial charge in [-0.3, -0.25) is 0 Å². The molecule has 0 aromatic heterocycles. The van der Waals surface area contributed by atoms with E-state index in [4.69, 9.17) is 5.73 Å². The van der Waals surface area contributed by atoms with E-state index in [0.29, 0.717) is 0 Å². The summed E-state index contributed by atoms with van der Waals surface area (Å²) in [6.07, 6.45) is 12.4. The molecule has 3 N–H and O–H groups in total. The first-order valence-electron chi connectivity index (χ1n) is 6.28. The summed E-state index contributed by atoms with van der Waals surface area (Å²) in [6.45, 7) is 4.05. The summed E-state index contributed by atoms with van der Waals surface area (Å²) in [5, 5.41) is 9.39. The van der Waals surface area contributed by atoms with E-state index in [9.17, 15) is 5.11 Å². The lowest BCUT2D eigenvalue weighted by molar-refractivity contribution is 0.198. The molecule has 0 saturated heterocycles. The zero-order valence-electron chi connectivity index (χ0n) is 10.3. The lowest BCUT2D eigenvalue weighted by atomic mass is 10.1. The summed E-state index contributed by atoms with van der Waals surface area (Å²) in [4.78, 5) is 0. The Balaban J connectivity index is 3.23. The number of aliphatic hydroxyl groups is 1. The Morgan fingerprint density at radius 3 is 2.33 bits per heavy atom. The van der Waals surface area contributed by atoms with Gasteiger partial charge in [-0.05, 0) is 19.8 Å². The molecule has 0 aliphatic heterocycles. The third-order valence-electron chi connectivity index (χ3n) is 2.60. The fraction of sp³-hybridized carbons (Fsp3) is 0.846. The highest BCUT2D eigenvalue weighted by molar-refractivity contribution is 4.92. The van der Waals surface area contributed by atoms with Crippen molar-refractivity contribution >= 4 is 0 Å². The summed E-state index contributed by atoms with van der Waals surface area (Å²) < 4.78 is 0. The Morgan fingerprint density at radius 1 is 1.13 bits per heavy atom. The van der Waals surface area contributed by atoms with Crippen molar-refractivity contribution in [3.05, 3.63) is 12.2 Å². The third-order valence-corrected chi connectivity index (χ3v) is 2.60. The van der Waals surface area contributed by atoms with Crippen molar-refractivity contribution < 1.29 is 5.11 Å². The largest absolute Gasteiger partial charge is 0.387 e. The molecular formula is C13H27NO. The standard InChI is InChI=1S/C13H27NO/c1-3-4-5-6-7-8-9-10-11-13(15)12(2)14/h10-13,15H,3-9,14H2,1-2H3/b11-10+/t12-,13-/m0/s1. The van der Waals surface area contributed by atoms with E-state index < -0.39 is 6.10 Å². The molecule has 2 heteroatoms. The quantitative estimate of drug-likeness (QED) is 0.457. The van der Waals surface area contributed by atoms with Gasteiger partial charge in [-0.2, -0.15) is 0 Å². The Morgan fingerprint density at radius 2 is 1.73 bits per heavy atom. The summed E-state index contributed by atoms with van der Waals surface area (Å²) in [7, 11) is 0. The van der Waals surface area contributed by atoms with Crippen molar-refractivity contribution in [1.29, 1.82) is 0 Å². The van der Waals surface area contributed by atoms with Gasteiger partial charge in [0.2, 0.25) is 0 Å². The Kier molecular flexibility index (Phi) is 9.96. The highest BCUT2D eigenvalue weighted by atomic mass is 16.3. The number of allylic oxidation sites excluding steroid dienone is 1. The van der Waals surface area contributed by atoms with Gasteiger partial charge in [0, 0.05) is 6.04 Å². The van der Waals surface area contributed by atoms with Crippen LogP contribution in [0.4, 0.5) is 0 Å². The molecule has 0 radical (unpaired) electrons. The number of hydrogen-bond acceptors (Lipinski definition) is 2. The zero-order valence-corrected chi connectivity index (χ0v) is 10.3. The van der Waals surface area contributed by atoms with E-state index in [-0.39, 0.29) is 6.04 Å². The van der Waals surface area contributed by atoms with Crippen molar-refractivity contribution in [1.82, 2.24) is 0 Å². The minimum Gasteiger partial charge on any atom is -0.387 e. The fourth-order valence-electron chi connectivity index (χ4n) is 1.45. The van der Waals surface area contributed by atoms with E-state index in [0.717, 1.165) is 6.42 Å². The van der Waals surface area contributed by atoms with Crippen LogP contribution in [-0.2, 0) is 0 Å². The average Bonchev–Trinajstić information content (AvgIpc) is 2.21. The highest BCUT2D eigenvalue weighted by Gasteiger charge is 2.02. The van der Waals surface area contributed by atoms with Crippen LogP contribution >= 0.6 is 0 Å². The number of rotatable bonds is 9. The summed E-state index contributed by atoms with van der Waals surface area (Å²) in [6, 6.07) is -0.161. The Bertz CT molecular complexity index is 155. The van der Waals surface area contributed by atoms with Gasteiger partial charge in [0.25, 0.3) is 0 Å². The second kappa shape index (κ2) is 10.2. The predicted molar refractivity (Wildman–Crippen MR) is 66.8 cm³/mol. The van der Waals surface area contributed by atoms with Gasteiger partial charge in [0.1, 0.15) is 0 Å². The molecule has 0 saturated carbocycles. The maximum Gasteiger partial charge on any atom is 0.0869 e. The molecule has 15 heavy (non-hydrogen) atoms. The van der Waals surface area contributed by atoms with Crippen LogP contribution in [0.1, 0.15) is 58.8 Å². The van der Waals surface area contributed by atoms with Crippen LogP contribution in [-0.4, -0.2) is 17.3 Å². The number of aliphatic hydroxyl groups excluding tert-OH is 1. The van der Waals surface area contributed by atoms with Crippen molar-refractivity contribution in [3.63, 3.8) is 0 Å². The van der Waals surface area contributed by atoms with Gasteiger partial charge < -0.3 is 10.8 Å². The van der Waals surface area contributed by atoms with Crippen LogP contribution < -0.4 is 5.73 Å². The van der Waals surface area contributed by atoms with E-state index >= 15 is 0 Å². The molecule has 0 aliphatic carbocycles. The van der Waals surface area contributed by atoms with Gasteiger partial charge in [-0.15, -0.1) is 0 Å². The van der Waals surface area contributed by atoms with Crippen LogP contribution in [0, 0.1) is 0 Å². The minimum absolute atomic E-state index is 0.161. The zero-order chi connectivity index (χ0) is 11.5. The molecule has 90 valence electrons. The van der Waals surface area contributed by atoms with Crippen LogP contribution in [0.15, 0.2) is 12.2 Å². The Hall–Kier alpha value is -0.340. The normalized spacial score (nSPS) is 15.7. The Labute approximate surface area is 94.6 Å². The molecule has 0 amide bonds. The van der Waals surface area contributed by atoms with Gasteiger partial charge in [0.15, 0.2) is 0 Å². The number of hydrogen-bond donors (Lipinski definition) is 2. The fourth-order valence-corrected chi connectivity index (χ4v) is 1.45. The summed E-state index contributed by atoms with van der Waals surface area (Å²) in [5.74, 6) is 0. The first-order valence-corrected chi connectivity index (χ1v) is 6.28. The molecule has 0 fully saturated rings. The monoisotopic (exact) mass is 213 g/mol. The smallest absolute Gasteiger partial charge is 0.0869 e. The summed E-state index contributed by atoms with van der Waals surface area (Å²) >= 11 is 0. The second-order valence-electron chi connectivity index (χ2n) is 4.33. The topological polar surface area (TPSA) is 46.2 Å². The molecule has 0 aromatic rings.